The van der Waals surface area contributed by atoms with E-state index in [9.17, 15) is 14.4 Å². The van der Waals surface area contributed by atoms with Crippen molar-refractivity contribution in [1.29, 1.82) is 0 Å². The van der Waals surface area contributed by atoms with E-state index in [1.54, 1.807) is 0 Å². The number of carbonyl (C=O) groups is 3. The standard InChI is InChI=1S/C25H28N4O4/c30-23-8-7-22(24(31)27-23)29-16-20-19(25(29)32)5-2-6-21(20)26-14-17-3-1-4-18(13-17)15-28-9-11-33-12-10-28/h1-6,13,22,26H,7-12,14-16H2,(H,27,30,31)/i9D2,10D2,11D2,12D2,14D2,15D2,16D2. The smallest absolute Gasteiger partial charge is 0.255 e. The van der Waals surface area contributed by atoms with E-state index in [2.05, 4.69) is 15.4 Å². The van der Waals surface area contributed by atoms with Crippen LogP contribution in [0.2, 0.25) is 0 Å². The molecule has 2 aromatic carbocycles. The minimum Gasteiger partial charge on any atom is -0.381 e. The van der Waals surface area contributed by atoms with E-state index in [1.807, 2.05) is 0 Å². The normalized spacial score (nSPS) is 35.9. The van der Waals surface area contributed by atoms with Gasteiger partial charge in [0, 0.05) is 63.9 Å². The van der Waals surface area contributed by atoms with Gasteiger partial charge in [-0.05, 0) is 29.7 Å². The van der Waals surface area contributed by atoms with E-state index < -0.39 is 74.9 Å². The van der Waals surface area contributed by atoms with Crippen molar-refractivity contribution in [2.45, 2.75) is 38.4 Å². The summed E-state index contributed by atoms with van der Waals surface area (Å²) in [6.45, 7) is -22.9. The molecule has 5 rings (SSSR count). The third-order valence-corrected chi connectivity index (χ3v) is 5.13. The molecule has 3 amide bonds. The van der Waals surface area contributed by atoms with E-state index in [0.717, 1.165) is 18.2 Å². The zero-order chi connectivity index (χ0) is 35.3. The second-order valence-corrected chi connectivity index (χ2v) is 7.29. The van der Waals surface area contributed by atoms with Crippen LogP contribution >= 0.6 is 0 Å². The topological polar surface area (TPSA) is 91.0 Å². The van der Waals surface area contributed by atoms with Gasteiger partial charge < -0.3 is 15.0 Å². The SMILES string of the molecule is [2H]C([2H])(Nc1cccc2c1C([2H])([2H])N(C1CCC(=O)NC1=O)C2=O)c1cccc(C([2H])([2H])N2C([2H])([2H])C([2H])([2H])OC([2H])([2H])C2([2H])[2H])c1. The van der Waals surface area contributed by atoms with Crippen LogP contribution < -0.4 is 10.6 Å². The Morgan fingerprint density at radius 2 is 1.91 bits per heavy atom. The first-order valence-electron chi connectivity index (χ1n) is 17.0. The van der Waals surface area contributed by atoms with Crippen molar-refractivity contribution in [3.8, 4) is 0 Å². The number of ether oxygens (including phenoxy) is 1. The highest BCUT2D eigenvalue weighted by Gasteiger charge is 2.39. The van der Waals surface area contributed by atoms with Crippen LogP contribution in [-0.2, 0) is 33.8 Å². The number of rotatable bonds is 6. The van der Waals surface area contributed by atoms with Gasteiger partial charge in [-0.25, -0.2) is 0 Å². The molecule has 172 valence electrons. The van der Waals surface area contributed by atoms with Crippen LogP contribution in [-0.4, -0.2) is 59.7 Å². The summed E-state index contributed by atoms with van der Waals surface area (Å²) in [5.41, 5.74) is -1.62. The molecule has 0 radical (unpaired) electrons. The van der Waals surface area contributed by atoms with Gasteiger partial charge in [-0.3, -0.25) is 24.6 Å². The third-order valence-electron chi connectivity index (χ3n) is 5.13. The monoisotopic (exact) mass is 462 g/mol. The summed E-state index contributed by atoms with van der Waals surface area (Å²) in [5, 5.41) is 4.59. The molecule has 0 saturated carbocycles. The van der Waals surface area contributed by atoms with Crippen LogP contribution in [0.15, 0.2) is 42.5 Å². The highest BCUT2D eigenvalue weighted by atomic mass is 16.5. The van der Waals surface area contributed by atoms with Crippen LogP contribution in [0.4, 0.5) is 5.69 Å². The van der Waals surface area contributed by atoms with Gasteiger partial charge in [0.05, 0.1) is 24.1 Å². The van der Waals surface area contributed by atoms with E-state index in [1.165, 1.54) is 24.3 Å². The average Bonchev–Trinajstić information content (AvgIpc) is 3.12. The Morgan fingerprint density at radius 1 is 1.12 bits per heavy atom. The van der Waals surface area contributed by atoms with Crippen molar-refractivity contribution in [1.82, 2.24) is 15.1 Å². The number of hydrogen-bond acceptors (Lipinski definition) is 6. The number of piperidine rings is 1. The molecule has 2 fully saturated rings. The van der Waals surface area contributed by atoms with Crippen LogP contribution in [0, 0.1) is 0 Å². The van der Waals surface area contributed by atoms with Gasteiger partial charge >= 0.3 is 0 Å². The fraction of sp³-hybridized carbons (Fsp3) is 0.400. The van der Waals surface area contributed by atoms with Crippen LogP contribution in [0.1, 0.15) is 59.1 Å². The number of amides is 3. The maximum Gasteiger partial charge on any atom is 0.255 e. The number of morpholine rings is 1. The van der Waals surface area contributed by atoms with Gasteiger partial charge in [-0.15, -0.1) is 0 Å². The summed E-state index contributed by atoms with van der Waals surface area (Å²) in [7, 11) is 0. The zero-order valence-electron chi connectivity index (χ0n) is 31.1. The predicted molar refractivity (Wildman–Crippen MR) is 122 cm³/mol. The van der Waals surface area contributed by atoms with Gasteiger partial charge in [0.25, 0.3) is 5.91 Å². The number of nitrogens with zero attached hydrogens (tertiary/aromatic N) is 2. The fourth-order valence-electron chi connectivity index (χ4n) is 3.59. The summed E-state index contributed by atoms with van der Waals surface area (Å²) < 4.78 is 122. The van der Waals surface area contributed by atoms with Crippen LogP contribution in [0.25, 0.3) is 0 Å². The second kappa shape index (κ2) is 9.33. The van der Waals surface area contributed by atoms with Crippen molar-refractivity contribution in [2.75, 3.05) is 31.4 Å². The number of carbonyl (C=O) groups excluding carboxylic acids is 3. The molecular formula is C25H28N4O4. The largest absolute Gasteiger partial charge is 0.381 e. The Morgan fingerprint density at radius 3 is 2.73 bits per heavy atom. The zero-order valence-corrected chi connectivity index (χ0v) is 17.1. The Hall–Kier alpha value is -3.23. The summed E-state index contributed by atoms with van der Waals surface area (Å²) in [6, 6.07) is 6.86. The van der Waals surface area contributed by atoms with E-state index in [4.69, 9.17) is 19.2 Å². The molecule has 3 heterocycles. The van der Waals surface area contributed by atoms with Crippen molar-refractivity contribution < 1.29 is 38.3 Å². The quantitative estimate of drug-likeness (QED) is 0.637. The summed E-state index contributed by atoms with van der Waals surface area (Å²) in [5.74, 6) is -2.30. The molecule has 1 unspecified atom stereocenters. The van der Waals surface area contributed by atoms with E-state index in [-0.39, 0.29) is 40.1 Å². The number of nitrogens with one attached hydrogen (secondary N) is 2. The molecule has 2 saturated heterocycles. The Labute approximate surface area is 212 Å². The molecule has 2 N–H and O–H groups in total. The maximum absolute atomic E-state index is 13.4. The highest BCUT2D eigenvalue weighted by Crippen LogP contribution is 2.32. The van der Waals surface area contributed by atoms with Crippen molar-refractivity contribution >= 4 is 23.4 Å². The molecule has 8 heteroatoms. The molecule has 0 aromatic heterocycles. The summed E-state index contributed by atoms with van der Waals surface area (Å²) in [6.07, 6.45) is -0.267. The van der Waals surface area contributed by atoms with Gasteiger partial charge in [0.1, 0.15) is 6.04 Å². The minimum atomic E-state index is -3.59. The van der Waals surface area contributed by atoms with Gasteiger partial charge in [-0.2, -0.15) is 0 Å². The number of anilines is 1. The summed E-state index contributed by atoms with van der Waals surface area (Å²) in [4.78, 5) is 38.0. The predicted octanol–water partition coefficient (Wildman–Crippen LogP) is 1.89. The lowest BCUT2D eigenvalue weighted by Gasteiger charge is -2.29. The molecule has 8 nitrogen and oxygen atoms in total. The fourth-order valence-corrected chi connectivity index (χ4v) is 3.59. The average molecular weight is 463 g/mol. The van der Waals surface area contributed by atoms with Crippen molar-refractivity contribution in [2.24, 2.45) is 0 Å². The third kappa shape index (κ3) is 4.62. The molecular weight excluding hydrogens is 420 g/mol. The summed E-state index contributed by atoms with van der Waals surface area (Å²) >= 11 is 0. The first-order valence-corrected chi connectivity index (χ1v) is 10.0. The molecule has 3 aliphatic rings. The highest BCUT2D eigenvalue weighted by molar-refractivity contribution is 6.06. The Kier molecular flexibility index (Phi) is 3.05. The molecule has 1 atom stereocenters. The lowest BCUT2D eigenvalue weighted by molar-refractivity contribution is -0.136. The van der Waals surface area contributed by atoms with Crippen LogP contribution in [0.3, 0.4) is 0 Å². The number of hydrogen-bond donors (Lipinski definition) is 2. The minimum absolute atomic E-state index is 0.132. The molecule has 33 heavy (non-hydrogen) atoms. The first-order chi connectivity index (χ1) is 21.3. The van der Waals surface area contributed by atoms with Crippen molar-refractivity contribution in [3.05, 3.63) is 64.7 Å². The van der Waals surface area contributed by atoms with E-state index in [0.29, 0.717) is 4.90 Å². The Bertz CT molecular complexity index is 1640. The van der Waals surface area contributed by atoms with E-state index >= 15 is 0 Å². The molecule has 2 aromatic rings. The Balaban J connectivity index is 1.52. The van der Waals surface area contributed by atoms with Crippen LogP contribution in [0.5, 0.6) is 0 Å². The number of imide groups is 1. The molecule has 0 bridgehead atoms. The lowest BCUT2D eigenvalue weighted by atomic mass is 10.0. The van der Waals surface area contributed by atoms with Gasteiger partial charge in [-0.1, -0.05) is 30.3 Å². The molecule has 0 spiro atoms. The molecule has 0 aliphatic carbocycles. The maximum atomic E-state index is 13.4. The van der Waals surface area contributed by atoms with Crippen molar-refractivity contribution in [3.63, 3.8) is 0 Å². The number of benzene rings is 2. The molecule has 3 aliphatic heterocycles. The second-order valence-electron chi connectivity index (χ2n) is 7.29. The van der Waals surface area contributed by atoms with Gasteiger partial charge in [0.2, 0.25) is 11.8 Å². The first kappa shape index (κ1) is 10.8. The van der Waals surface area contributed by atoms with Gasteiger partial charge in [0.15, 0.2) is 0 Å². The number of fused-ring (bicyclic) bond motifs is 1. The lowest BCUT2D eigenvalue weighted by Crippen LogP contribution is -2.52.